The van der Waals surface area contributed by atoms with Crippen molar-refractivity contribution in [3.05, 3.63) is 35.6 Å². The number of anilines is 3. The third-order valence-corrected chi connectivity index (χ3v) is 2.98. The van der Waals surface area contributed by atoms with Gasteiger partial charge in [-0.05, 0) is 31.2 Å². The lowest BCUT2D eigenvalue weighted by Crippen LogP contribution is -2.05. The van der Waals surface area contributed by atoms with Crippen LogP contribution < -0.4 is 10.6 Å². The number of halogens is 1. The molecular formula is C13H13ClN6. The zero-order chi connectivity index (χ0) is 13.9. The van der Waals surface area contributed by atoms with E-state index < -0.39 is 0 Å². The van der Waals surface area contributed by atoms with E-state index in [4.69, 9.17) is 11.6 Å². The molecule has 0 aliphatic rings. The molecular weight excluding hydrogens is 276 g/mol. The van der Waals surface area contributed by atoms with E-state index in [1.54, 1.807) is 6.33 Å². The second-order valence-corrected chi connectivity index (χ2v) is 4.60. The molecule has 3 rings (SSSR count). The predicted molar refractivity (Wildman–Crippen MR) is 80.6 cm³/mol. The summed E-state index contributed by atoms with van der Waals surface area (Å²) in [6.45, 7) is 2.74. The quantitative estimate of drug-likeness (QED) is 0.687. The van der Waals surface area contributed by atoms with Crippen LogP contribution in [0, 0.1) is 0 Å². The highest BCUT2D eigenvalue weighted by Gasteiger charge is 2.09. The molecule has 6 nitrogen and oxygen atoms in total. The van der Waals surface area contributed by atoms with Crippen molar-refractivity contribution in [2.45, 2.75) is 6.92 Å². The third-order valence-electron chi connectivity index (χ3n) is 2.73. The Labute approximate surface area is 120 Å². The van der Waals surface area contributed by atoms with Crippen LogP contribution in [-0.4, -0.2) is 26.5 Å². The maximum Gasteiger partial charge on any atom is 0.226 e. The Morgan fingerprint density at radius 3 is 2.75 bits per heavy atom. The van der Waals surface area contributed by atoms with E-state index in [-0.39, 0.29) is 0 Å². The van der Waals surface area contributed by atoms with Gasteiger partial charge in [-0.1, -0.05) is 11.6 Å². The van der Waals surface area contributed by atoms with Gasteiger partial charge in [0.25, 0.3) is 0 Å². The van der Waals surface area contributed by atoms with Crippen molar-refractivity contribution in [3.63, 3.8) is 0 Å². The van der Waals surface area contributed by atoms with Crippen LogP contribution in [0.5, 0.6) is 0 Å². The lowest BCUT2D eigenvalue weighted by molar-refractivity contribution is 1.10. The SMILES string of the molecule is CCNc1nc(Nc2ccc(Cl)cc2)c2[nH]cnc2n1. The molecule has 0 aliphatic heterocycles. The number of imidazole rings is 1. The number of benzene rings is 1. The largest absolute Gasteiger partial charge is 0.354 e. The Bertz CT molecular complexity index is 721. The molecule has 102 valence electrons. The van der Waals surface area contributed by atoms with Crippen LogP contribution in [0.3, 0.4) is 0 Å². The van der Waals surface area contributed by atoms with E-state index in [2.05, 4.69) is 30.6 Å². The van der Waals surface area contributed by atoms with E-state index in [9.17, 15) is 0 Å². The van der Waals surface area contributed by atoms with Gasteiger partial charge < -0.3 is 15.6 Å². The molecule has 2 heterocycles. The number of aromatic amines is 1. The molecule has 0 spiro atoms. The molecule has 0 aliphatic carbocycles. The summed E-state index contributed by atoms with van der Waals surface area (Å²) in [5, 5.41) is 7.02. The Kier molecular flexibility index (Phi) is 3.39. The van der Waals surface area contributed by atoms with Crippen LogP contribution >= 0.6 is 11.6 Å². The number of fused-ring (bicyclic) bond motifs is 1. The van der Waals surface area contributed by atoms with Crippen molar-refractivity contribution in [1.29, 1.82) is 0 Å². The number of aromatic nitrogens is 4. The maximum atomic E-state index is 5.88. The summed E-state index contributed by atoms with van der Waals surface area (Å²) in [6.07, 6.45) is 1.60. The van der Waals surface area contributed by atoms with Gasteiger partial charge in [-0.2, -0.15) is 9.97 Å². The zero-order valence-electron chi connectivity index (χ0n) is 10.8. The van der Waals surface area contributed by atoms with Crippen LogP contribution in [0.15, 0.2) is 30.6 Å². The van der Waals surface area contributed by atoms with Crippen molar-refractivity contribution in [2.24, 2.45) is 0 Å². The summed E-state index contributed by atoms with van der Waals surface area (Å²) in [6, 6.07) is 7.42. The molecule has 0 unspecified atom stereocenters. The van der Waals surface area contributed by atoms with Gasteiger partial charge in [-0.3, -0.25) is 0 Å². The Balaban J connectivity index is 2.00. The molecule has 0 bridgehead atoms. The number of rotatable bonds is 4. The highest BCUT2D eigenvalue weighted by atomic mass is 35.5. The van der Waals surface area contributed by atoms with Gasteiger partial charge >= 0.3 is 0 Å². The average Bonchev–Trinajstić information content (AvgIpc) is 2.90. The summed E-state index contributed by atoms with van der Waals surface area (Å²) in [7, 11) is 0. The van der Waals surface area contributed by atoms with Gasteiger partial charge in [-0.15, -0.1) is 0 Å². The van der Waals surface area contributed by atoms with Crippen molar-refractivity contribution < 1.29 is 0 Å². The van der Waals surface area contributed by atoms with E-state index >= 15 is 0 Å². The predicted octanol–water partition coefficient (Wildman–Crippen LogP) is 3.18. The van der Waals surface area contributed by atoms with Crippen molar-refractivity contribution in [2.75, 3.05) is 17.2 Å². The number of nitrogens with one attached hydrogen (secondary N) is 3. The molecule has 7 heteroatoms. The topological polar surface area (TPSA) is 78.5 Å². The Morgan fingerprint density at radius 2 is 2.00 bits per heavy atom. The van der Waals surface area contributed by atoms with Gasteiger partial charge in [0.05, 0.1) is 6.33 Å². The molecule has 0 amide bonds. The second kappa shape index (κ2) is 5.34. The third kappa shape index (κ3) is 2.50. The van der Waals surface area contributed by atoms with Gasteiger partial charge in [0.15, 0.2) is 11.5 Å². The van der Waals surface area contributed by atoms with E-state index in [0.29, 0.717) is 22.4 Å². The van der Waals surface area contributed by atoms with Crippen LogP contribution in [-0.2, 0) is 0 Å². The first-order chi connectivity index (χ1) is 9.76. The molecule has 0 fully saturated rings. The van der Waals surface area contributed by atoms with Crippen LogP contribution in [0.1, 0.15) is 6.92 Å². The Hall–Kier alpha value is -2.34. The summed E-state index contributed by atoms with van der Waals surface area (Å²) in [5.74, 6) is 1.22. The fraction of sp³-hybridized carbons (Fsp3) is 0.154. The summed E-state index contributed by atoms with van der Waals surface area (Å²) in [4.78, 5) is 16.0. The normalized spacial score (nSPS) is 10.7. The first-order valence-corrected chi connectivity index (χ1v) is 6.61. The van der Waals surface area contributed by atoms with Crippen LogP contribution in [0.25, 0.3) is 11.2 Å². The molecule has 0 saturated carbocycles. The van der Waals surface area contributed by atoms with E-state index in [1.165, 1.54) is 0 Å². The molecule has 0 saturated heterocycles. The van der Waals surface area contributed by atoms with E-state index in [1.807, 2.05) is 31.2 Å². The first-order valence-electron chi connectivity index (χ1n) is 6.24. The molecule has 20 heavy (non-hydrogen) atoms. The molecule has 1 aromatic carbocycles. The molecule has 2 aromatic heterocycles. The number of H-pyrrole nitrogens is 1. The highest BCUT2D eigenvalue weighted by molar-refractivity contribution is 6.30. The summed E-state index contributed by atoms with van der Waals surface area (Å²) >= 11 is 5.88. The van der Waals surface area contributed by atoms with Gasteiger partial charge in [0, 0.05) is 17.3 Å². The fourth-order valence-electron chi connectivity index (χ4n) is 1.83. The number of hydrogen-bond donors (Lipinski definition) is 3. The van der Waals surface area contributed by atoms with Gasteiger partial charge in [0.2, 0.25) is 5.95 Å². The first kappa shape index (κ1) is 12.7. The molecule has 3 aromatic rings. The summed E-state index contributed by atoms with van der Waals surface area (Å²) < 4.78 is 0. The zero-order valence-corrected chi connectivity index (χ0v) is 11.6. The smallest absolute Gasteiger partial charge is 0.226 e. The van der Waals surface area contributed by atoms with Crippen LogP contribution in [0.4, 0.5) is 17.5 Å². The monoisotopic (exact) mass is 288 g/mol. The Morgan fingerprint density at radius 1 is 1.20 bits per heavy atom. The second-order valence-electron chi connectivity index (χ2n) is 4.16. The lowest BCUT2D eigenvalue weighted by Gasteiger charge is -2.08. The van der Waals surface area contributed by atoms with Crippen molar-refractivity contribution in [1.82, 2.24) is 19.9 Å². The molecule has 0 radical (unpaired) electrons. The minimum Gasteiger partial charge on any atom is -0.354 e. The van der Waals surface area contributed by atoms with Crippen molar-refractivity contribution >= 4 is 40.2 Å². The lowest BCUT2D eigenvalue weighted by atomic mass is 10.3. The summed E-state index contributed by atoms with van der Waals surface area (Å²) in [5.41, 5.74) is 2.28. The molecule has 3 N–H and O–H groups in total. The van der Waals surface area contributed by atoms with Crippen LogP contribution in [0.2, 0.25) is 5.02 Å². The molecule has 0 atom stereocenters. The highest BCUT2D eigenvalue weighted by Crippen LogP contribution is 2.23. The van der Waals surface area contributed by atoms with Gasteiger partial charge in [-0.25, -0.2) is 4.98 Å². The maximum absolute atomic E-state index is 5.88. The van der Waals surface area contributed by atoms with Crippen molar-refractivity contribution in [3.8, 4) is 0 Å². The van der Waals surface area contributed by atoms with Gasteiger partial charge in [0.1, 0.15) is 5.52 Å². The fourth-order valence-corrected chi connectivity index (χ4v) is 1.96. The standard InChI is InChI=1S/C13H13ClN6/c1-2-15-13-19-11-10(16-7-17-11)12(20-13)18-9-5-3-8(14)4-6-9/h3-7H,2H2,1H3,(H3,15,16,17,18,19,20). The average molecular weight is 289 g/mol. The minimum atomic E-state index is 0.545. The number of hydrogen-bond acceptors (Lipinski definition) is 5. The van der Waals surface area contributed by atoms with E-state index in [0.717, 1.165) is 17.7 Å². The number of nitrogens with zero attached hydrogens (tertiary/aromatic N) is 3. The minimum absolute atomic E-state index is 0.545.